The van der Waals surface area contributed by atoms with Crippen LogP contribution in [0.15, 0.2) is 54.6 Å². The Labute approximate surface area is 117 Å². The van der Waals surface area contributed by atoms with Gasteiger partial charge >= 0.3 is 0 Å². The van der Waals surface area contributed by atoms with Gasteiger partial charge in [-0.3, -0.25) is 4.79 Å². The van der Waals surface area contributed by atoms with Crippen LogP contribution < -0.4 is 10.1 Å². The third-order valence-corrected chi connectivity index (χ3v) is 2.76. The summed E-state index contributed by atoms with van der Waals surface area (Å²) >= 11 is 0. The van der Waals surface area contributed by atoms with Crippen LogP contribution in [0.3, 0.4) is 0 Å². The van der Waals surface area contributed by atoms with E-state index in [0.717, 1.165) is 5.56 Å². The van der Waals surface area contributed by atoms with Crippen LogP contribution in [0.25, 0.3) is 0 Å². The van der Waals surface area contributed by atoms with Crippen LogP contribution in [0.5, 0.6) is 5.75 Å². The topological polar surface area (TPSA) is 38.3 Å². The van der Waals surface area contributed by atoms with E-state index in [-0.39, 0.29) is 24.7 Å². The van der Waals surface area contributed by atoms with Crippen molar-refractivity contribution < 1.29 is 13.9 Å². The normalized spacial score (nSPS) is 10.1. The molecule has 4 heteroatoms. The van der Waals surface area contributed by atoms with Gasteiger partial charge in [-0.05, 0) is 17.7 Å². The van der Waals surface area contributed by atoms with E-state index in [1.54, 1.807) is 12.1 Å². The first-order chi connectivity index (χ1) is 9.75. The maximum atomic E-state index is 13.3. The average Bonchev–Trinajstić information content (AvgIpc) is 2.48. The van der Waals surface area contributed by atoms with Crippen molar-refractivity contribution in [2.75, 3.05) is 6.61 Å². The van der Waals surface area contributed by atoms with Gasteiger partial charge in [0.2, 0.25) is 5.91 Å². The molecule has 0 saturated heterocycles. The highest BCUT2D eigenvalue weighted by Gasteiger charge is 2.04. The van der Waals surface area contributed by atoms with Crippen molar-refractivity contribution in [2.45, 2.75) is 13.0 Å². The molecule has 0 unspecified atom stereocenters. The van der Waals surface area contributed by atoms with Gasteiger partial charge in [0.05, 0.1) is 13.0 Å². The molecule has 0 atom stereocenters. The highest BCUT2D eigenvalue weighted by Crippen LogP contribution is 2.15. The predicted octanol–water partition coefficient (Wildman–Crippen LogP) is 2.91. The second-order valence-electron chi connectivity index (χ2n) is 4.29. The molecule has 0 spiro atoms. The van der Waals surface area contributed by atoms with Crippen molar-refractivity contribution in [3.8, 4) is 5.75 Å². The Morgan fingerprint density at radius 2 is 1.75 bits per heavy atom. The standard InChI is InChI=1S/C16H16FNO2/c17-14-8-4-5-9-15(14)20-11-10-16(19)18-12-13-6-2-1-3-7-13/h1-9H,10-12H2,(H,18,19). The highest BCUT2D eigenvalue weighted by molar-refractivity contribution is 5.75. The van der Waals surface area contributed by atoms with Gasteiger partial charge in [0.1, 0.15) is 0 Å². The molecule has 0 aliphatic rings. The molecular weight excluding hydrogens is 257 g/mol. The summed E-state index contributed by atoms with van der Waals surface area (Å²) in [5, 5.41) is 2.79. The second kappa shape index (κ2) is 7.28. The fourth-order valence-electron chi connectivity index (χ4n) is 1.70. The Kier molecular flexibility index (Phi) is 5.12. The van der Waals surface area contributed by atoms with Crippen molar-refractivity contribution in [1.82, 2.24) is 5.32 Å². The lowest BCUT2D eigenvalue weighted by atomic mass is 10.2. The predicted molar refractivity (Wildman–Crippen MR) is 74.8 cm³/mol. The minimum absolute atomic E-state index is 0.120. The van der Waals surface area contributed by atoms with E-state index in [4.69, 9.17) is 4.74 Å². The summed E-state index contributed by atoms with van der Waals surface area (Å²) < 4.78 is 18.5. The van der Waals surface area contributed by atoms with Crippen molar-refractivity contribution in [2.24, 2.45) is 0 Å². The number of benzene rings is 2. The second-order valence-corrected chi connectivity index (χ2v) is 4.29. The summed E-state index contributed by atoms with van der Waals surface area (Å²) in [6.07, 6.45) is 0.196. The van der Waals surface area contributed by atoms with Gasteiger partial charge in [-0.25, -0.2) is 4.39 Å². The molecule has 0 aromatic heterocycles. The highest BCUT2D eigenvalue weighted by atomic mass is 19.1. The number of amides is 1. The van der Waals surface area contributed by atoms with Gasteiger partial charge in [0.15, 0.2) is 11.6 Å². The maximum Gasteiger partial charge on any atom is 0.223 e. The number of hydrogen-bond acceptors (Lipinski definition) is 2. The molecule has 1 amide bonds. The molecule has 2 aromatic carbocycles. The molecule has 0 bridgehead atoms. The lowest BCUT2D eigenvalue weighted by molar-refractivity contribution is -0.121. The first-order valence-corrected chi connectivity index (χ1v) is 6.43. The molecule has 0 heterocycles. The fraction of sp³-hybridized carbons (Fsp3) is 0.188. The molecule has 20 heavy (non-hydrogen) atoms. The van der Waals surface area contributed by atoms with Crippen molar-refractivity contribution in [3.63, 3.8) is 0 Å². The summed E-state index contributed by atoms with van der Waals surface area (Å²) in [5.41, 5.74) is 1.04. The van der Waals surface area contributed by atoms with E-state index in [1.165, 1.54) is 12.1 Å². The number of rotatable bonds is 6. The van der Waals surface area contributed by atoms with Gasteiger partial charge < -0.3 is 10.1 Å². The minimum Gasteiger partial charge on any atom is -0.490 e. The van der Waals surface area contributed by atoms with Gasteiger partial charge in [-0.15, -0.1) is 0 Å². The Morgan fingerprint density at radius 3 is 2.50 bits per heavy atom. The van der Waals surface area contributed by atoms with E-state index in [1.807, 2.05) is 30.3 Å². The third kappa shape index (κ3) is 4.39. The van der Waals surface area contributed by atoms with Gasteiger partial charge in [-0.1, -0.05) is 42.5 Å². The lowest BCUT2D eigenvalue weighted by Crippen LogP contribution is -2.24. The third-order valence-electron chi connectivity index (χ3n) is 2.76. The van der Waals surface area contributed by atoms with Gasteiger partial charge in [0.25, 0.3) is 0 Å². The zero-order valence-corrected chi connectivity index (χ0v) is 11.0. The molecule has 1 N–H and O–H groups in total. The molecule has 3 nitrogen and oxygen atoms in total. The monoisotopic (exact) mass is 273 g/mol. The van der Waals surface area contributed by atoms with Crippen LogP contribution in [0.2, 0.25) is 0 Å². The number of halogens is 1. The summed E-state index contributed by atoms with van der Waals surface area (Å²) in [6, 6.07) is 15.8. The van der Waals surface area contributed by atoms with Crippen LogP contribution in [-0.4, -0.2) is 12.5 Å². The van der Waals surface area contributed by atoms with E-state index in [2.05, 4.69) is 5.32 Å². The van der Waals surface area contributed by atoms with Crippen molar-refractivity contribution >= 4 is 5.91 Å². The maximum absolute atomic E-state index is 13.3. The molecular formula is C16H16FNO2. The van der Waals surface area contributed by atoms with Crippen LogP contribution in [0.1, 0.15) is 12.0 Å². The number of ether oxygens (including phenoxy) is 1. The number of nitrogens with one attached hydrogen (secondary N) is 1. The summed E-state index contributed by atoms with van der Waals surface area (Å²) in [4.78, 5) is 11.6. The summed E-state index contributed by atoms with van der Waals surface area (Å²) in [7, 11) is 0. The van der Waals surface area contributed by atoms with Crippen molar-refractivity contribution in [3.05, 3.63) is 66.0 Å². The SMILES string of the molecule is O=C(CCOc1ccccc1F)NCc1ccccc1. The van der Waals surface area contributed by atoms with E-state index >= 15 is 0 Å². The first-order valence-electron chi connectivity index (χ1n) is 6.43. The zero-order valence-electron chi connectivity index (χ0n) is 11.0. The number of para-hydroxylation sites is 1. The molecule has 0 radical (unpaired) electrons. The minimum atomic E-state index is -0.419. The molecule has 2 rings (SSSR count). The Balaban J connectivity index is 1.69. The molecule has 2 aromatic rings. The Bertz CT molecular complexity index is 557. The molecule has 104 valence electrons. The average molecular weight is 273 g/mol. The number of carbonyl (C=O) groups is 1. The largest absolute Gasteiger partial charge is 0.490 e. The van der Waals surface area contributed by atoms with Crippen molar-refractivity contribution in [1.29, 1.82) is 0 Å². The zero-order chi connectivity index (χ0) is 14.2. The molecule has 0 aliphatic heterocycles. The quantitative estimate of drug-likeness (QED) is 0.878. The molecule has 0 aliphatic carbocycles. The first kappa shape index (κ1) is 14.1. The fourth-order valence-corrected chi connectivity index (χ4v) is 1.70. The Hall–Kier alpha value is -2.36. The summed E-state index contributed by atoms with van der Waals surface area (Å²) in [6.45, 7) is 0.640. The van der Waals surface area contributed by atoms with Gasteiger partial charge in [-0.2, -0.15) is 0 Å². The smallest absolute Gasteiger partial charge is 0.223 e. The van der Waals surface area contributed by atoms with Crippen LogP contribution in [-0.2, 0) is 11.3 Å². The molecule has 0 saturated carbocycles. The summed E-state index contributed by atoms with van der Waals surface area (Å²) in [5.74, 6) is -0.370. The van der Waals surface area contributed by atoms with E-state index in [9.17, 15) is 9.18 Å². The lowest BCUT2D eigenvalue weighted by Gasteiger charge is -2.08. The number of carbonyl (C=O) groups excluding carboxylic acids is 1. The van der Waals surface area contributed by atoms with Crippen LogP contribution in [0, 0.1) is 5.82 Å². The van der Waals surface area contributed by atoms with Crippen LogP contribution in [0.4, 0.5) is 4.39 Å². The Morgan fingerprint density at radius 1 is 1.05 bits per heavy atom. The van der Waals surface area contributed by atoms with E-state index in [0.29, 0.717) is 6.54 Å². The number of hydrogen-bond donors (Lipinski definition) is 1. The van der Waals surface area contributed by atoms with E-state index < -0.39 is 5.82 Å². The molecule has 0 fully saturated rings. The van der Waals surface area contributed by atoms with Gasteiger partial charge in [0, 0.05) is 6.54 Å². The van der Waals surface area contributed by atoms with Crippen LogP contribution >= 0.6 is 0 Å².